The molecule has 6 nitrogen and oxygen atoms in total. The predicted octanol–water partition coefficient (Wildman–Crippen LogP) is 3.57. The quantitative estimate of drug-likeness (QED) is 0.647. The van der Waals surface area contributed by atoms with Crippen molar-refractivity contribution >= 4 is 21.6 Å². The summed E-state index contributed by atoms with van der Waals surface area (Å²) in [7, 11) is -3.52. The standard InChI is InChI=1S/C22H25FN2O4S/c1-2-14-29-21-5-3-4-20(15-21)24-22(26)18-10-12-25(13-11-18)30(27,28)16-17-6-8-19(23)9-7-17/h2-9,15,18H,1,10-14,16H2,(H,24,26). The molecular weight excluding hydrogens is 407 g/mol. The fraction of sp³-hybridized carbons (Fsp3) is 0.318. The Labute approximate surface area is 176 Å². The molecule has 1 amide bonds. The summed E-state index contributed by atoms with van der Waals surface area (Å²) >= 11 is 0. The first-order chi connectivity index (χ1) is 14.4. The number of nitrogens with one attached hydrogen (secondary N) is 1. The lowest BCUT2D eigenvalue weighted by molar-refractivity contribution is -0.120. The van der Waals surface area contributed by atoms with Gasteiger partial charge in [-0.25, -0.2) is 17.1 Å². The highest BCUT2D eigenvalue weighted by atomic mass is 32.2. The third-order valence-corrected chi connectivity index (χ3v) is 6.80. The van der Waals surface area contributed by atoms with Gasteiger partial charge in [0.25, 0.3) is 0 Å². The number of carbonyl (C=O) groups is 1. The summed E-state index contributed by atoms with van der Waals surface area (Å²) in [4.78, 5) is 12.6. The third kappa shape index (κ3) is 5.90. The maximum atomic E-state index is 13.0. The predicted molar refractivity (Wildman–Crippen MR) is 114 cm³/mol. The average Bonchev–Trinajstić information content (AvgIpc) is 2.74. The number of carbonyl (C=O) groups excluding carboxylic acids is 1. The van der Waals surface area contributed by atoms with Crippen LogP contribution in [-0.2, 0) is 20.6 Å². The Kier molecular flexibility index (Phi) is 7.23. The number of benzene rings is 2. The van der Waals surface area contributed by atoms with Crippen molar-refractivity contribution < 1.29 is 22.3 Å². The maximum Gasteiger partial charge on any atom is 0.227 e. The van der Waals surface area contributed by atoms with Gasteiger partial charge in [-0.2, -0.15) is 0 Å². The molecule has 8 heteroatoms. The van der Waals surface area contributed by atoms with Crippen LogP contribution in [0.5, 0.6) is 5.75 Å². The van der Waals surface area contributed by atoms with E-state index in [0.717, 1.165) is 0 Å². The molecule has 1 N–H and O–H groups in total. The summed E-state index contributed by atoms with van der Waals surface area (Å²) in [5, 5.41) is 2.88. The lowest BCUT2D eigenvalue weighted by Crippen LogP contribution is -2.41. The van der Waals surface area contributed by atoms with Gasteiger partial charge in [-0.05, 0) is 42.7 Å². The molecule has 1 aliphatic heterocycles. The number of nitrogens with zero attached hydrogens (tertiary/aromatic N) is 1. The van der Waals surface area contributed by atoms with E-state index in [0.29, 0.717) is 36.4 Å². The molecule has 2 aromatic rings. The molecule has 0 saturated carbocycles. The van der Waals surface area contributed by atoms with E-state index in [1.54, 1.807) is 30.3 Å². The molecule has 0 aliphatic carbocycles. The molecule has 1 saturated heterocycles. The SMILES string of the molecule is C=CCOc1cccc(NC(=O)C2CCN(S(=O)(=O)Cc3ccc(F)cc3)CC2)c1. The first kappa shape index (κ1) is 22.0. The Hall–Kier alpha value is -2.71. The minimum absolute atomic E-state index is 0.133. The number of hydrogen-bond donors (Lipinski definition) is 1. The molecule has 2 aromatic carbocycles. The van der Waals surface area contributed by atoms with Gasteiger partial charge in [0.2, 0.25) is 15.9 Å². The average molecular weight is 433 g/mol. The van der Waals surface area contributed by atoms with E-state index in [-0.39, 0.29) is 30.7 Å². The summed E-state index contributed by atoms with van der Waals surface area (Å²) in [5.74, 6) is -0.344. The Morgan fingerprint density at radius 2 is 1.90 bits per heavy atom. The summed E-state index contributed by atoms with van der Waals surface area (Å²) in [6, 6.07) is 12.5. The molecule has 3 rings (SSSR count). The lowest BCUT2D eigenvalue weighted by atomic mass is 9.97. The van der Waals surface area contributed by atoms with Gasteiger partial charge in [0.15, 0.2) is 0 Å². The first-order valence-electron chi connectivity index (χ1n) is 9.74. The maximum absolute atomic E-state index is 13.0. The fourth-order valence-corrected chi connectivity index (χ4v) is 4.91. The number of amides is 1. The highest BCUT2D eigenvalue weighted by molar-refractivity contribution is 7.88. The van der Waals surface area contributed by atoms with Gasteiger partial charge in [-0.1, -0.05) is 30.9 Å². The van der Waals surface area contributed by atoms with Crippen LogP contribution in [0.15, 0.2) is 61.2 Å². The van der Waals surface area contributed by atoms with E-state index >= 15 is 0 Å². The van der Waals surface area contributed by atoms with Crippen LogP contribution in [0.2, 0.25) is 0 Å². The van der Waals surface area contributed by atoms with Gasteiger partial charge in [0.1, 0.15) is 18.2 Å². The fourth-order valence-electron chi connectivity index (χ4n) is 3.34. The summed E-state index contributed by atoms with van der Waals surface area (Å²) in [6.07, 6.45) is 2.53. The van der Waals surface area contributed by atoms with Gasteiger partial charge in [-0.15, -0.1) is 0 Å². The first-order valence-corrected chi connectivity index (χ1v) is 11.4. The smallest absolute Gasteiger partial charge is 0.227 e. The zero-order valence-electron chi connectivity index (χ0n) is 16.6. The zero-order chi connectivity index (χ0) is 21.6. The molecule has 0 bridgehead atoms. The minimum atomic E-state index is -3.52. The Balaban J connectivity index is 1.53. The molecule has 160 valence electrons. The molecular formula is C22H25FN2O4S. The number of ether oxygens (including phenoxy) is 1. The number of halogens is 1. The van der Waals surface area contributed by atoms with Crippen LogP contribution >= 0.6 is 0 Å². The van der Waals surface area contributed by atoms with Crippen LogP contribution < -0.4 is 10.1 Å². The Bertz CT molecular complexity index is 984. The van der Waals surface area contributed by atoms with Crippen LogP contribution in [0.1, 0.15) is 18.4 Å². The van der Waals surface area contributed by atoms with Crippen molar-refractivity contribution in [3.05, 3.63) is 72.6 Å². The highest BCUT2D eigenvalue weighted by Crippen LogP contribution is 2.24. The van der Waals surface area contributed by atoms with E-state index in [4.69, 9.17) is 4.74 Å². The van der Waals surface area contributed by atoms with Crippen molar-refractivity contribution in [1.29, 1.82) is 0 Å². The van der Waals surface area contributed by atoms with Gasteiger partial charge in [0.05, 0.1) is 5.75 Å². The van der Waals surface area contributed by atoms with Crippen molar-refractivity contribution in [3.63, 3.8) is 0 Å². The molecule has 30 heavy (non-hydrogen) atoms. The monoisotopic (exact) mass is 432 g/mol. The van der Waals surface area contributed by atoms with Crippen LogP contribution in [0.3, 0.4) is 0 Å². The topological polar surface area (TPSA) is 75.7 Å². The van der Waals surface area contributed by atoms with Crippen molar-refractivity contribution in [2.75, 3.05) is 25.0 Å². The van der Waals surface area contributed by atoms with E-state index in [1.807, 2.05) is 0 Å². The van der Waals surface area contributed by atoms with Crippen molar-refractivity contribution in [3.8, 4) is 5.75 Å². The second kappa shape index (κ2) is 9.86. The molecule has 0 atom stereocenters. The molecule has 0 radical (unpaired) electrons. The number of rotatable bonds is 8. The second-order valence-electron chi connectivity index (χ2n) is 7.17. The largest absolute Gasteiger partial charge is 0.489 e. The lowest BCUT2D eigenvalue weighted by Gasteiger charge is -2.30. The number of sulfonamides is 1. The Morgan fingerprint density at radius 3 is 2.57 bits per heavy atom. The molecule has 0 spiro atoms. The number of anilines is 1. The van der Waals surface area contributed by atoms with Gasteiger partial charge < -0.3 is 10.1 Å². The van der Waals surface area contributed by atoms with Crippen molar-refractivity contribution in [1.82, 2.24) is 4.31 Å². The summed E-state index contributed by atoms with van der Waals surface area (Å²) < 4.78 is 45.2. The molecule has 1 aliphatic rings. The van der Waals surface area contributed by atoms with Crippen LogP contribution in [0.4, 0.5) is 10.1 Å². The molecule has 1 fully saturated rings. The minimum Gasteiger partial charge on any atom is -0.489 e. The van der Waals surface area contributed by atoms with Crippen molar-refractivity contribution in [2.45, 2.75) is 18.6 Å². The number of piperidine rings is 1. The van der Waals surface area contributed by atoms with Crippen LogP contribution in [-0.4, -0.2) is 38.3 Å². The van der Waals surface area contributed by atoms with Gasteiger partial charge >= 0.3 is 0 Å². The van der Waals surface area contributed by atoms with E-state index < -0.39 is 15.8 Å². The van der Waals surface area contributed by atoms with E-state index in [2.05, 4.69) is 11.9 Å². The van der Waals surface area contributed by atoms with Crippen LogP contribution in [0, 0.1) is 11.7 Å². The molecule has 0 unspecified atom stereocenters. The van der Waals surface area contributed by atoms with Gasteiger partial charge in [0, 0.05) is 30.8 Å². The molecule has 0 aromatic heterocycles. The zero-order valence-corrected chi connectivity index (χ0v) is 17.4. The normalized spacial score (nSPS) is 15.5. The second-order valence-corrected chi connectivity index (χ2v) is 9.14. The third-order valence-electron chi connectivity index (χ3n) is 4.95. The number of hydrogen-bond acceptors (Lipinski definition) is 4. The van der Waals surface area contributed by atoms with Gasteiger partial charge in [-0.3, -0.25) is 4.79 Å². The molecule has 1 heterocycles. The van der Waals surface area contributed by atoms with E-state index in [1.165, 1.54) is 28.6 Å². The highest BCUT2D eigenvalue weighted by Gasteiger charge is 2.31. The Morgan fingerprint density at radius 1 is 1.20 bits per heavy atom. The summed E-state index contributed by atoms with van der Waals surface area (Å²) in [5.41, 5.74) is 1.17. The van der Waals surface area contributed by atoms with Crippen LogP contribution in [0.25, 0.3) is 0 Å². The summed E-state index contributed by atoms with van der Waals surface area (Å²) in [6.45, 7) is 4.54. The van der Waals surface area contributed by atoms with Crippen molar-refractivity contribution in [2.24, 2.45) is 5.92 Å². The van der Waals surface area contributed by atoms with E-state index in [9.17, 15) is 17.6 Å².